The first-order chi connectivity index (χ1) is 6.29. The van der Waals surface area contributed by atoms with Gasteiger partial charge in [-0.25, -0.2) is 0 Å². The molecule has 2 saturated heterocycles. The summed E-state index contributed by atoms with van der Waals surface area (Å²) in [7, 11) is 0. The number of hydrogen-bond acceptors (Lipinski definition) is 2. The molecule has 0 aromatic rings. The lowest BCUT2D eigenvalue weighted by Crippen LogP contribution is -2.46. The van der Waals surface area contributed by atoms with Gasteiger partial charge in [0.2, 0.25) is 0 Å². The van der Waals surface area contributed by atoms with E-state index in [0.29, 0.717) is 6.04 Å². The van der Waals surface area contributed by atoms with E-state index in [1.54, 1.807) is 0 Å². The first kappa shape index (κ1) is 9.47. The van der Waals surface area contributed by atoms with Crippen molar-refractivity contribution in [2.24, 2.45) is 5.92 Å². The summed E-state index contributed by atoms with van der Waals surface area (Å²) in [4.78, 5) is 2.61. The fraction of sp³-hybridized carbons (Fsp3) is 1.00. The molecule has 4 unspecified atom stereocenters. The smallest absolute Gasteiger partial charge is 0.0123 e. The molecule has 2 rings (SSSR count). The Morgan fingerprint density at radius 1 is 1.38 bits per heavy atom. The standard InChI is InChI=1S/C11H22N2/c1-3-9(2)12-11-5-7-13-6-4-10(11)8-13/h9-12H,3-8H2,1-2H3. The van der Waals surface area contributed by atoms with Crippen molar-refractivity contribution in [2.45, 2.75) is 45.2 Å². The van der Waals surface area contributed by atoms with E-state index in [1.807, 2.05) is 0 Å². The molecular weight excluding hydrogens is 160 g/mol. The molecule has 0 spiro atoms. The summed E-state index contributed by atoms with van der Waals surface area (Å²) in [5.41, 5.74) is 0. The minimum Gasteiger partial charge on any atom is -0.311 e. The van der Waals surface area contributed by atoms with E-state index in [4.69, 9.17) is 0 Å². The molecule has 76 valence electrons. The Morgan fingerprint density at radius 2 is 2.15 bits per heavy atom. The Labute approximate surface area is 81.7 Å². The molecule has 0 aromatic heterocycles. The van der Waals surface area contributed by atoms with Crippen LogP contribution in [0.4, 0.5) is 0 Å². The number of nitrogens with one attached hydrogen (secondary N) is 1. The van der Waals surface area contributed by atoms with Crippen LogP contribution in [-0.2, 0) is 0 Å². The van der Waals surface area contributed by atoms with Gasteiger partial charge in [0, 0.05) is 18.6 Å². The molecule has 1 N–H and O–H groups in total. The lowest BCUT2D eigenvalue weighted by molar-refractivity contribution is 0.211. The Hall–Kier alpha value is -0.0800. The van der Waals surface area contributed by atoms with Crippen molar-refractivity contribution in [1.29, 1.82) is 0 Å². The zero-order valence-electron chi connectivity index (χ0n) is 8.92. The SMILES string of the molecule is CCC(C)NC1CCN2CCC1C2. The Balaban J connectivity index is 1.85. The van der Waals surface area contributed by atoms with Crippen LogP contribution in [0.15, 0.2) is 0 Å². The van der Waals surface area contributed by atoms with Crippen molar-refractivity contribution in [2.75, 3.05) is 19.6 Å². The van der Waals surface area contributed by atoms with Crippen LogP contribution in [0.2, 0.25) is 0 Å². The third kappa shape index (κ3) is 2.05. The second kappa shape index (κ2) is 3.97. The maximum Gasteiger partial charge on any atom is 0.0123 e. The van der Waals surface area contributed by atoms with Gasteiger partial charge >= 0.3 is 0 Å². The summed E-state index contributed by atoms with van der Waals surface area (Å²) in [5, 5.41) is 3.77. The molecule has 2 heteroatoms. The van der Waals surface area contributed by atoms with Crippen LogP contribution in [0, 0.1) is 5.92 Å². The first-order valence-corrected chi connectivity index (χ1v) is 5.78. The van der Waals surface area contributed by atoms with Crippen molar-refractivity contribution in [3.05, 3.63) is 0 Å². The monoisotopic (exact) mass is 182 g/mol. The van der Waals surface area contributed by atoms with Gasteiger partial charge in [0.15, 0.2) is 0 Å². The van der Waals surface area contributed by atoms with Crippen LogP contribution in [0.1, 0.15) is 33.1 Å². The summed E-state index contributed by atoms with van der Waals surface area (Å²) >= 11 is 0. The average molecular weight is 182 g/mol. The predicted molar refractivity (Wildman–Crippen MR) is 55.8 cm³/mol. The minimum atomic E-state index is 0.706. The third-order valence-electron chi connectivity index (χ3n) is 3.75. The molecule has 2 fully saturated rings. The quantitative estimate of drug-likeness (QED) is 0.711. The van der Waals surface area contributed by atoms with Crippen LogP contribution >= 0.6 is 0 Å². The van der Waals surface area contributed by atoms with E-state index < -0.39 is 0 Å². The highest BCUT2D eigenvalue weighted by Crippen LogP contribution is 2.27. The van der Waals surface area contributed by atoms with Gasteiger partial charge < -0.3 is 10.2 Å². The van der Waals surface area contributed by atoms with Gasteiger partial charge in [-0.05, 0) is 45.2 Å². The van der Waals surface area contributed by atoms with Crippen molar-refractivity contribution in [3.63, 3.8) is 0 Å². The number of rotatable bonds is 3. The van der Waals surface area contributed by atoms with Crippen LogP contribution in [0.5, 0.6) is 0 Å². The molecule has 2 nitrogen and oxygen atoms in total. The molecule has 2 heterocycles. The Bertz CT molecular complexity index is 169. The van der Waals surface area contributed by atoms with Crippen molar-refractivity contribution in [3.8, 4) is 0 Å². The van der Waals surface area contributed by atoms with E-state index in [1.165, 1.54) is 38.9 Å². The molecule has 0 saturated carbocycles. The maximum absolute atomic E-state index is 3.77. The first-order valence-electron chi connectivity index (χ1n) is 5.78. The van der Waals surface area contributed by atoms with E-state index >= 15 is 0 Å². The van der Waals surface area contributed by atoms with E-state index in [-0.39, 0.29) is 0 Å². The number of nitrogens with zero attached hydrogens (tertiary/aromatic N) is 1. The van der Waals surface area contributed by atoms with Crippen molar-refractivity contribution in [1.82, 2.24) is 10.2 Å². The molecule has 4 atom stereocenters. The Kier molecular flexibility index (Phi) is 2.89. The second-order valence-corrected chi connectivity index (χ2v) is 4.72. The fourth-order valence-corrected chi connectivity index (χ4v) is 2.65. The summed E-state index contributed by atoms with van der Waals surface area (Å²) in [5.74, 6) is 0.947. The molecule has 13 heavy (non-hydrogen) atoms. The van der Waals surface area contributed by atoms with Gasteiger partial charge in [-0.3, -0.25) is 0 Å². The maximum atomic E-state index is 3.77. The Morgan fingerprint density at radius 3 is 2.92 bits per heavy atom. The van der Waals surface area contributed by atoms with Crippen LogP contribution in [-0.4, -0.2) is 36.6 Å². The van der Waals surface area contributed by atoms with Gasteiger partial charge in [-0.15, -0.1) is 0 Å². The molecule has 0 aromatic carbocycles. The molecule has 2 bridgehead atoms. The minimum absolute atomic E-state index is 0.706. The number of piperidine rings is 1. The van der Waals surface area contributed by atoms with E-state index in [2.05, 4.69) is 24.1 Å². The van der Waals surface area contributed by atoms with Crippen molar-refractivity contribution >= 4 is 0 Å². The average Bonchev–Trinajstić information content (AvgIpc) is 2.54. The van der Waals surface area contributed by atoms with Gasteiger partial charge in [-0.1, -0.05) is 6.92 Å². The normalized spacial score (nSPS) is 40.6. The van der Waals surface area contributed by atoms with E-state index in [9.17, 15) is 0 Å². The third-order valence-corrected chi connectivity index (χ3v) is 3.75. The van der Waals surface area contributed by atoms with Gasteiger partial charge in [-0.2, -0.15) is 0 Å². The highest BCUT2D eigenvalue weighted by Gasteiger charge is 2.34. The molecule has 0 amide bonds. The topological polar surface area (TPSA) is 15.3 Å². The van der Waals surface area contributed by atoms with Crippen LogP contribution in [0.25, 0.3) is 0 Å². The zero-order valence-corrected chi connectivity index (χ0v) is 8.92. The van der Waals surface area contributed by atoms with Gasteiger partial charge in [0.25, 0.3) is 0 Å². The highest BCUT2D eigenvalue weighted by molar-refractivity contribution is 4.91. The van der Waals surface area contributed by atoms with Gasteiger partial charge in [0.1, 0.15) is 0 Å². The molecule has 2 aliphatic rings. The molecule has 0 radical (unpaired) electrons. The zero-order chi connectivity index (χ0) is 9.26. The van der Waals surface area contributed by atoms with E-state index in [0.717, 1.165) is 12.0 Å². The van der Waals surface area contributed by atoms with Crippen LogP contribution in [0.3, 0.4) is 0 Å². The van der Waals surface area contributed by atoms with Gasteiger partial charge in [0.05, 0.1) is 0 Å². The largest absolute Gasteiger partial charge is 0.311 e. The molecular formula is C11H22N2. The summed E-state index contributed by atoms with van der Waals surface area (Å²) in [6, 6.07) is 1.52. The predicted octanol–water partition coefficient (Wildman–Crippen LogP) is 1.47. The van der Waals surface area contributed by atoms with Crippen molar-refractivity contribution < 1.29 is 0 Å². The molecule has 2 aliphatic heterocycles. The molecule has 0 aliphatic carbocycles. The summed E-state index contributed by atoms with van der Waals surface area (Å²) in [6.07, 6.45) is 4.05. The number of fused-ring (bicyclic) bond motifs is 2. The lowest BCUT2D eigenvalue weighted by Gasteiger charge is -2.33. The second-order valence-electron chi connectivity index (χ2n) is 4.72. The fourth-order valence-electron chi connectivity index (χ4n) is 2.65. The highest BCUT2D eigenvalue weighted by atomic mass is 15.2. The lowest BCUT2D eigenvalue weighted by atomic mass is 9.93. The van der Waals surface area contributed by atoms with Crippen LogP contribution < -0.4 is 5.32 Å². The summed E-state index contributed by atoms with van der Waals surface area (Å²) in [6.45, 7) is 8.60. The summed E-state index contributed by atoms with van der Waals surface area (Å²) < 4.78 is 0. The number of hydrogen-bond donors (Lipinski definition) is 1.